The van der Waals surface area contributed by atoms with E-state index in [4.69, 9.17) is 10.1 Å². The molecule has 0 aliphatic carbocycles. The number of hydrogen-bond donors (Lipinski definition) is 2. The lowest BCUT2D eigenvalue weighted by molar-refractivity contribution is 0.410. The van der Waals surface area contributed by atoms with Gasteiger partial charge in [-0.3, -0.25) is 5.41 Å². The molecule has 2 heterocycles. The monoisotopic (exact) mass is 337 g/mol. The highest BCUT2D eigenvalue weighted by Crippen LogP contribution is 2.35. The van der Waals surface area contributed by atoms with Crippen molar-refractivity contribution >= 4 is 38.6 Å². The number of anilines is 1. The van der Waals surface area contributed by atoms with E-state index in [1.54, 1.807) is 12.0 Å². The van der Waals surface area contributed by atoms with Crippen LogP contribution in [0.1, 0.15) is 5.01 Å². The first-order chi connectivity index (χ1) is 11.7. The van der Waals surface area contributed by atoms with E-state index in [0.717, 1.165) is 15.9 Å². The Morgan fingerprint density at radius 1 is 1.21 bits per heavy atom. The van der Waals surface area contributed by atoms with Crippen LogP contribution in [0, 0.1) is 5.41 Å². The molecule has 0 saturated heterocycles. The van der Waals surface area contributed by atoms with Crippen LogP contribution in [0.2, 0.25) is 0 Å². The minimum atomic E-state index is 0.168. The first-order valence-electron chi connectivity index (χ1n) is 7.46. The second-order valence-electron chi connectivity index (χ2n) is 5.44. The molecule has 0 atom stereocenters. The van der Waals surface area contributed by atoms with Gasteiger partial charge in [0.15, 0.2) is 0 Å². The average Bonchev–Trinajstić information content (AvgIpc) is 3.15. The predicted molar refractivity (Wildman–Crippen MR) is 97.2 cm³/mol. The molecule has 1 aliphatic heterocycles. The summed E-state index contributed by atoms with van der Waals surface area (Å²) in [4.78, 5) is 6.32. The second kappa shape index (κ2) is 5.65. The zero-order valence-electron chi connectivity index (χ0n) is 13.0. The van der Waals surface area contributed by atoms with E-state index >= 15 is 0 Å². The number of aliphatic hydroxyl groups excluding tert-OH is 1. The summed E-state index contributed by atoms with van der Waals surface area (Å²) in [5.41, 5.74) is 2.19. The van der Waals surface area contributed by atoms with Crippen LogP contribution in [0.25, 0.3) is 15.8 Å². The fraction of sp³-hybridized carbons (Fsp3) is 0.111. The number of nitrogens with zero attached hydrogens (tertiary/aromatic N) is 2. The molecule has 0 saturated carbocycles. The molecule has 5 nitrogen and oxygen atoms in total. The maximum Gasteiger partial charge on any atom is 0.139 e. The van der Waals surface area contributed by atoms with Crippen LogP contribution in [0.4, 0.5) is 5.69 Å². The Morgan fingerprint density at radius 2 is 2.04 bits per heavy atom. The lowest BCUT2D eigenvalue weighted by atomic mass is 10.2. The summed E-state index contributed by atoms with van der Waals surface area (Å²) in [7, 11) is 1.61. The Hall–Kier alpha value is -2.86. The van der Waals surface area contributed by atoms with Gasteiger partial charge in [-0.05, 0) is 24.3 Å². The van der Waals surface area contributed by atoms with Gasteiger partial charge in [-0.1, -0.05) is 18.2 Å². The smallest absolute Gasteiger partial charge is 0.139 e. The highest BCUT2D eigenvalue weighted by atomic mass is 32.1. The first kappa shape index (κ1) is 14.7. The van der Waals surface area contributed by atoms with Crippen molar-refractivity contribution in [1.82, 2.24) is 4.98 Å². The third kappa shape index (κ3) is 2.32. The molecule has 0 amide bonds. The Morgan fingerprint density at radius 3 is 2.83 bits per heavy atom. The quantitative estimate of drug-likeness (QED) is 0.756. The second-order valence-corrected chi connectivity index (χ2v) is 6.48. The number of rotatable bonds is 3. The van der Waals surface area contributed by atoms with E-state index in [2.05, 4.69) is 4.98 Å². The summed E-state index contributed by atoms with van der Waals surface area (Å²) in [6, 6.07) is 15.3. The minimum absolute atomic E-state index is 0.168. The van der Waals surface area contributed by atoms with E-state index in [-0.39, 0.29) is 18.1 Å². The molecule has 0 bridgehead atoms. The number of fused-ring (bicyclic) bond motifs is 1. The third-order valence-electron chi connectivity index (χ3n) is 3.98. The van der Waals surface area contributed by atoms with Gasteiger partial charge in [0, 0.05) is 11.8 Å². The number of aliphatic hydroxyl groups is 1. The van der Waals surface area contributed by atoms with Gasteiger partial charge < -0.3 is 14.7 Å². The number of benzene rings is 2. The Labute approximate surface area is 143 Å². The van der Waals surface area contributed by atoms with Crippen LogP contribution < -0.4 is 9.64 Å². The highest BCUT2D eigenvalue weighted by Gasteiger charge is 2.31. The van der Waals surface area contributed by atoms with Gasteiger partial charge in [0.2, 0.25) is 0 Å². The molecule has 2 aromatic carbocycles. The lowest BCUT2D eigenvalue weighted by Gasteiger charge is -2.19. The van der Waals surface area contributed by atoms with E-state index in [1.807, 2.05) is 48.5 Å². The topological polar surface area (TPSA) is 69.4 Å². The minimum Gasteiger partial charge on any atom is -0.510 e. The molecule has 0 unspecified atom stereocenters. The summed E-state index contributed by atoms with van der Waals surface area (Å²) in [5, 5.41) is 19.6. The van der Waals surface area contributed by atoms with Gasteiger partial charge in [0.05, 0.1) is 29.4 Å². The van der Waals surface area contributed by atoms with Crippen molar-refractivity contribution in [3.63, 3.8) is 0 Å². The lowest BCUT2D eigenvalue weighted by Crippen LogP contribution is -2.25. The number of para-hydroxylation sites is 1. The maximum atomic E-state index is 10.4. The van der Waals surface area contributed by atoms with Crippen molar-refractivity contribution in [2.24, 2.45) is 0 Å². The molecule has 1 aliphatic rings. The Balaban J connectivity index is 1.72. The normalized spacial score (nSPS) is 14.7. The molecular weight excluding hydrogens is 322 g/mol. The molecule has 0 radical (unpaired) electrons. The van der Waals surface area contributed by atoms with Crippen LogP contribution in [0.3, 0.4) is 0 Å². The van der Waals surface area contributed by atoms with E-state index in [9.17, 15) is 5.11 Å². The largest absolute Gasteiger partial charge is 0.510 e. The van der Waals surface area contributed by atoms with Gasteiger partial charge in [-0.2, -0.15) is 0 Å². The summed E-state index contributed by atoms with van der Waals surface area (Å²) in [6.45, 7) is 0.261. The molecule has 3 aromatic rings. The van der Waals surface area contributed by atoms with Crippen LogP contribution in [-0.2, 0) is 0 Å². The number of methoxy groups -OCH3 is 1. The fourth-order valence-electron chi connectivity index (χ4n) is 2.78. The zero-order chi connectivity index (χ0) is 16.7. The number of ether oxygens (including phenoxy) is 1. The zero-order valence-corrected chi connectivity index (χ0v) is 13.8. The SMILES string of the molecule is COc1cccc(N2CC(O)=C(c3nc4ccccc4s3)C2=N)c1. The van der Waals surface area contributed by atoms with Crippen molar-refractivity contribution in [2.75, 3.05) is 18.6 Å². The number of amidine groups is 1. The molecule has 0 spiro atoms. The van der Waals surface area contributed by atoms with Crippen molar-refractivity contribution < 1.29 is 9.84 Å². The van der Waals surface area contributed by atoms with Crippen LogP contribution >= 0.6 is 11.3 Å². The number of nitrogens with one attached hydrogen (secondary N) is 1. The van der Waals surface area contributed by atoms with E-state index in [1.165, 1.54) is 11.3 Å². The van der Waals surface area contributed by atoms with Crippen molar-refractivity contribution in [3.8, 4) is 5.75 Å². The molecule has 2 N–H and O–H groups in total. The van der Waals surface area contributed by atoms with Crippen LogP contribution in [-0.4, -0.2) is 29.6 Å². The summed E-state index contributed by atoms with van der Waals surface area (Å²) < 4.78 is 6.29. The van der Waals surface area contributed by atoms with Gasteiger partial charge in [0.1, 0.15) is 22.4 Å². The highest BCUT2D eigenvalue weighted by molar-refractivity contribution is 7.19. The van der Waals surface area contributed by atoms with Gasteiger partial charge >= 0.3 is 0 Å². The average molecular weight is 337 g/mol. The molecule has 0 fully saturated rings. The predicted octanol–water partition coefficient (Wildman–Crippen LogP) is 4.07. The Kier molecular flexibility index (Phi) is 3.46. The standard InChI is InChI=1S/C18H15N3O2S/c1-23-12-6-4-5-11(9-12)21-10-14(22)16(17(21)19)18-20-13-7-2-3-8-15(13)24-18/h2-9,19,22H,10H2,1H3. The number of thiazole rings is 1. The van der Waals surface area contributed by atoms with Crippen LogP contribution in [0.15, 0.2) is 54.3 Å². The number of aromatic nitrogens is 1. The number of hydrogen-bond acceptors (Lipinski definition) is 5. The first-order valence-corrected chi connectivity index (χ1v) is 8.27. The Bertz CT molecular complexity index is 944. The third-order valence-corrected chi connectivity index (χ3v) is 5.03. The fourth-order valence-corrected chi connectivity index (χ4v) is 3.82. The van der Waals surface area contributed by atoms with Crippen molar-refractivity contribution in [2.45, 2.75) is 0 Å². The molecule has 120 valence electrons. The van der Waals surface area contributed by atoms with Gasteiger partial charge in [-0.15, -0.1) is 11.3 Å². The van der Waals surface area contributed by atoms with Gasteiger partial charge in [0.25, 0.3) is 0 Å². The summed E-state index contributed by atoms with van der Waals surface area (Å²) >= 11 is 1.49. The summed E-state index contributed by atoms with van der Waals surface area (Å²) in [5.74, 6) is 1.13. The van der Waals surface area contributed by atoms with E-state index in [0.29, 0.717) is 16.3 Å². The molecule has 4 rings (SSSR count). The molecule has 24 heavy (non-hydrogen) atoms. The summed E-state index contributed by atoms with van der Waals surface area (Å²) in [6.07, 6.45) is 0. The maximum absolute atomic E-state index is 10.4. The van der Waals surface area contributed by atoms with Gasteiger partial charge in [-0.25, -0.2) is 4.98 Å². The van der Waals surface area contributed by atoms with E-state index < -0.39 is 0 Å². The molecule has 6 heteroatoms. The molecular formula is C18H15N3O2S. The van der Waals surface area contributed by atoms with Crippen molar-refractivity contribution in [3.05, 3.63) is 59.3 Å². The molecule has 1 aromatic heterocycles. The van der Waals surface area contributed by atoms with Crippen molar-refractivity contribution in [1.29, 1.82) is 5.41 Å². The van der Waals surface area contributed by atoms with Crippen LogP contribution in [0.5, 0.6) is 5.75 Å².